The lowest BCUT2D eigenvalue weighted by Gasteiger charge is -2.17. The largest absolute Gasteiger partial charge is 1.00 e. The summed E-state index contributed by atoms with van der Waals surface area (Å²) >= 11 is 0. The normalized spacial score (nSPS) is 21.2. The molecular formula is C12H15Cl2N3O3. The number of hydrogen-bond acceptors (Lipinski definition) is 4. The van der Waals surface area contributed by atoms with Crippen LogP contribution in [0.2, 0.25) is 0 Å². The minimum atomic E-state index is -1.34. The third kappa shape index (κ3) is 3.33. The van der Waals surface area contributed by atoms with Crippen molar-refractivity contribution in [2.45, 2.75) is 25.4 Å². The van der Waals surface area contributed by atoms with Crippen molar-refractivity contribution in [3.8, 4) is 0 Å². The molecule has 1 aliphatic rings. The molecule has 1 unspecified atom stereocenters. The zero-order chi connectivity index (χ0) is 13.3. The van der Waals surface area contributed by atoms with E-state index in [0.717, 1.165) is 0 Å². The molecule has 0 bridgehead atoms. The third-order valence-corrected chi connectivity index (χ3v) is 2.90. The highest BCUT2D eigenvalue weighted by Gasteiger charge is 2.53. The first-order chi connectivity index (χ1) is 8.44. The predicted molar refractivity (Wildman–Crippen MR) is 68.0 cm³/mol. The summed E-state index contributed by atoms with van der Waals surface area (Å²) in [4.78, 5) is 35.5. The minimum Gasteiger partial charge on any atom is -1.00 e. The van der Waals surface area contributed by atoms with E-state index in [1.807, 2.05) is 6.07 Å². The van der Waals surface area contributed by atoms with Crippen molar-refractivity contribution >= 4 is 30.1 Å². The van der Waals surface area contributed by atoms with Crippen LogP contribution in [0.1, 0.15) is 13.3 Å². The number of nitrogens with two attached hydrogens (primary N) is 1. The molecule has 110 valence electrons. The van der Waals surface area contributed by atoms with Crippen LogP contribution >= 0.6 is 12.4 Å². The summed E-state index contributed by atoms with van der Waals surface area (Å²) < 4.78 is 1.72. The van der Waals surface area contributed by atoms with Crippen molar-refractivity contribution < 1.29 is 31.4 Å². The standard InChI is InChI=1S/C12H14N3O3.2ClH/c1-9(16)15-10(17)7-12(13,11(15)18)8-14-5-3-2-4-6-14;;/h2-6H,7-8,13H2,1H3;2*1H/q+1;;/p-1. The van der Waals surface area contributed by atoms with Gasteiger partial charge in [-0.2, -0.15) is 0 Å². The fourth-order valence-electron chi connectivity index (χ4n) is 2.07. The van der Waals surface area contributed by atoms with E-state index >= 15 is 0 Å². The maximum absolute atomic E-state index is 12.0. The maximum Gasteiger partial charge on any atom is 0.263 e. The molecule has 1 fully saturated rings. The molecule has 2 heterocycles. The molecular weight excluding hydrogens is 305 g/mol. The van der Waals surface area contributed by atoms with Crippen LogP contribution in [0.4, 0.5) is 0 Å². The second kappa shape index (κ2) is 6.78. The molecule has 1 saturated heterocycles. The monoisotopic (exact) mass is 319 g/mol. The lowest BCUT2D eigenvalue weighted by Crippen LogP contribution is -3.00. The summed E-state index contributed by atoms with van der Waals surface area (Å²) in [5, 5.41) is 0. The molecule has 8 heteroatoms. The van der Waals surface area contributed by atoms with Gasteiger partial charge in [0.05, 0.1) is 6.42 Å². The van der Waals surface area contributed by atoms with Gasteiger partial charge in [-0.25, -0.2) is 9.47 Å². The summed E-state index contributed by atoms with van der Waals surface area (Å²) in [5.41, 5.74) is 4.63. The van der Waals surface area contributed by atoms with Crippen molar-refractivity contribution in [3.63, 3.8) is 0 Å². The number of halogens is 2. The number of hydrogen-bond donors (Lipinski definition) is 1. The number of carbonyl (C=O) groups is 3. The quantitative estimate of drug-likeness (QED) is 0.451. The summed E-state index contributed by atoms with van der Waals surface area (Å²) in [5.74, 6) is -1.75. The van der Waals surface area contributed by atoms with E-state index in [-0.39, 0.29) is 37.8 Å². The van der Waals surface area contributed by atoms with Gasteiger partial charge >= 0.3 is 0 Å². The van der Waals surface area contributed by atoms with Gasteiger partial charge in [-0.05, 0) is 0 Å². The molecule has 2 rings (SSSR count). The average Bonchev–Trinajstić information content (AvgIpc) is 2.50. The topological polar surface area (TPSA) is 84.3 Å². The highest BCUT2D eigenvalue weighted by atomic mass is 35.5. The molecule has 0 aromatic carbocycles. The van der Waals surface area contributed by atoms with E-state index in [1.165, 1.54) is 6.92 Å². The number of carbonyl (C=O) groups excluding carboxylic acids is 3. The van der Waals surface area contributed by atoms with Gasteiger partial charge < -0.3 is 18.1 Å². The van der Waals surface area contributed by atoms with Gasteiger partial charge in [0.25, 0.3) is 5.91 Å². The number of imide groups is 3. The third-order valence-electron chi connectivity index (χ3n) is 2.90. The van der Waals surface area contributed by atoms with Crippen LogP contribution in [0.25, 0.3) is 0 Å². The SMILES string of the molecule is CC(=O)N1C(=O)CC(N)(C[n+]2ccccc2)C1=O.Cl.[Cl-]. The minimum absolute atomic E-state index is 0. The van der Waals surface area contributed by atoms with Crippen LogP contribution < -0.4 is 22.7 Å². The Morgan fingerprint density at radius 2 is 1.90 bits per heavy atom. The highest BCUT2D eigenvalue weighted by Crippen LogP contribution is 2.22. The van der Waals surface area contributed by atoms with E-state index in [2.05, 4.69) is 0 Å². The molecule has 6 nitrogen and oxygen atoms in total. The number of rotatable bonds is 2. The summed E-state index contributed by atoms with van der Waals surface area (Å²) in [6, 6.07) is 5.43. The Morgan fingerprint density at radius 3 is 2.35 bits per heavy atom. The molecule has 3 amide bonds. The molecule has 2 N–H and O–H groups in total. The second-order valence-corrected chi connectivity index (χ2v) is 4.43. The Balaban J connectivity index is 0.00000180. The van der Waals surface area contributed by atoms with Crippen molar-refractivity contribution in [1.29, 1.82) is 0 Å². The summed E-state index contributed by atoms with van der Waals surface area (Å²) in [6.45, 7) is 1.35. The van der Waals surface area contributed by atoms with Gasteiger partial charge in [0, 0.05) is 19.1 Å². The Labute approximate surface area is 128 Å². The second-order valence-electron chi connectivity index (χ2n) is 4.43. The number of aromatic nitrogens is 1. The Bertz CT molecular complexity index is 524. The number of nitrogens with zero attached hydrogens (tertiary/aromatic N) is 2. The Hall–Kier alpha value is -1.50. The van der Waals surface area contributed by atoms with E-state index in [4.69, 9.17) is 5.73 Å². The summed E-state index contributed by atoms with van der Waals surface area (Å²) in [6.07, 6.45) is 3.36. The van der Waals surface area contributed by atoms with Crippen molar-refractivity contribution in [3.05, 3.63) is 30.6 Å². The van der Waals surface area contributed by atoms with Gasteiger partial charge in [-0.1, -0.05) is 6.07 Å². The number of amides is 3. The smallest absolute Gasteiger partial charge is 0.263 e. The molecule has 0 spiro atoms. The molecule has 20 heavy (non-hydrogen) atoms. The number of likely N-dealkylation sites (tertiary alicyclic amines) is 1. The average molecular weight is 320 g/mol. The van der Waals surface area contributed by atoms with Crippen molar-refractivity contribution in [2.75, 3.05) is 0 Å². The lowest BCUT2D eigenvalue weighted by atomic mass is 9.99. The van der Waals surface area contributed by atoms with Crippen molar-refractivity contribution in [2.24, 2.45) is 5.73 Å². The van der Waals surface area contributed by atoms with E-state index in [1.54, 1.807) is 29.1 Å². The van der Waals surface area contributed by atoms with E-state index in [0.29, 0.717) is 4.90 Å². The summed E-state index contributed by atoms with van der Waals surface area (Å²) in [7, 11) is 0. The zero-order valence-electron chi connectivity index (χ0n) is 10.8. The maximum atomic E-state index is 12.0. The van der Waals surface area contributed by atoms with Gasteiger partial charge in [0.2, 0.25) is 11.8 Å². The van der Waals surface area contributed by atoms with Gasteiger partial charge in [0.15, 0.2) is 24.5 Å². The highest BCUT2D eigenvalue weighted by molar-refractivity contribution is 6.18. The number of pyridine rings is 1. The van der Waals surface area contributed by atoms with Gasteiger partial charge in [-0.15, -0.1) is 12.4 Å². The Kier molecular flexibility index (Phi) is 6.28. The van der Waals surface area contributed by atoms with Crippen LogP contribution in [0.3, 0.4) is 0 Å². The fourth-order valence-corrected chi connectivity index (χ4v) is 2.07. The van der Waals surface area contributed by atoms with Gasteiger partial charge in [0.1, 0.15) is 0 Å². The van der Waals surface area contributed by atoms with Crippen LogP contribution in [0.15, 0.2) is 30.6 Å². The molecule has 0 saturated carbocycles. The molecule has 1 atom stereocenters. The zero-order valence-corrected chi connectivity index (χ0v) is 12.4. The molecule has 0 radical (unpaired) electrons. The Morgan fingerprint density at radius 1 is 1.35 bits per heavy atom. The molecule has 0 aliphatic carbocycles. The predicted octanol–water partition coefficient (Wildman–Crippen LogP) is -3.60. The van der Waals surface area contributed by atoms with E-state index < -0.39 is 23.3 Å². The van der Waals surface area contributed by atoms with Crippen LogP contribution in [-0.2, 0) is 20.9 Å². The van der Waals surface area contributed by atoms with Crippen LogP contribution in [-0.4, -0.2) is 28.2 Å². The first kappa shape index (κ1) is 18.5. The fraction of sp³-hybridized carbons (Fsp3) is 0.333. The first-order valence-corrected chi connectivity index (χ1v) is 5.55. The lowest BCUT2D eigenvalue weighted by molar-refractivity contribution is -0.701. The molecule has 1 aromatic heterocycles. The van der Waals surface area contributed by atoms with E-state index in [9.17, 15) is 14.4 Å². The van der Waals surface area contributed by atoms with Crippen LogP contribution in [0.5, 0.6) is 0 Å². The van der Waals surface area contributed by atoms with Crippen LogP contribution in [0, 0.1) is 0 Å². The van der Waals surface area contributed by atoms with Crippen molar-refractivity contribution in [1.82, 2.24) is 4.90 Å². The molecule has 1 aliphatic heterocycles. The molecule has 1 aromatic rings. The van der Waals surface area contributed by atoms with Gasteiger partial charge in [-0.3, -0.25) is 14.4 Å². The first-order valence-electron chi connectivity index (χ1n) is 5.55.